The standard InChI is InChI=1S/C22H23N3O3/c1-3-14(2)23-20(26)15-8-10-18(11-9-15)25-21(27)19-12-16-6-4-5-7-17(16)13-24(19)22(25)28/h4-11,14,19H,3,12-13H2,1-2H3,(H,23,26)/t14?,19-/m1/s1. The molecule has 1 unspecified atom stereocenters. The second-order valence-corrected chi connectivity index (χ2v) is 7.40. The molecule has 1 fully saturated rings. The SMILES string of the molecule is CCC(C)NC(=O)c1ccc(N2C(=O)[C@H]3Cc4ccccc4CN3C2=O)cc1. The summed E-state index contributed by atoms with van der Waals surface area (Å²) in [7, 11) is 0. The zero-order valence-corrected chi connectivity index (χ0v) is 16.0. The van der Waals surface area contributed by atoms with Crippen molar-refractivity contribution in [1.82, 2.24) is 10.2 Å². The lowest BCUT2D eigenvalue weighted by Crippen LogP contribution is -2.39. The van der Waals surface area contributed by atoms with Crippen LogP contribution in [0.3, 0.4) is 0 Å². The number of rotatable bonds is 4. The second-order valence-electron chi connectivity index (χ2n) is 7.40. The van der Waals surface area contributed by atoms with Crippen molar-refractivity contribution in [2.45, 2.75) is 45.3 Å². The molecular weight excluding hydrogens is 354 g/mol. The molecule has 2 aromatic rings. The second kappa shape index (κ2) is 7.11. The summed E-state index contributed by atoms with van der Waals surface area (Å²) in [6, 6.07) is 13.9. The van der Waals surface area contributed by atoms with Gasteiger partial charge in [-0.25, -0.2) is 9.69 Å². The Kier molecular flexibility index (Phi) is 4.63. The van der Waals surface area contributed by atoms with Crippen LogP contribution in [0.1, 0.15) is 41.8 Å². The number of hydrogen-bond acceptors (Lipinski definition) is 3. The highest BCUT2D eigenvalue weighted by Gasteiger charge is 2.47. The van der Waals surface area contributed by atoms with E-state index in [1.54, 1.807) is 29.2 Å². The fourth-order valence-electron chi connectivity index (χ4n) is 3.73. The van der Waals surface area contributed by atoms with E-state index in [0.717, 1.165) is 17.5 Å². The molecule has 28 heavy (non-hydrogen) atoms. The lowest BCUT2D eigenvalue weighted by Gasteiger charge is -2.28. The van der Waals surface area contributed by atoms with E-state index in [1.807, 2.05) is 38.1 Å². The molecule has 0 aliphatic carbocycles. The molecule has 6 heteroatoms. The number of amides is 4. The first kappa shape index (κ1) is 18.2. The summed E-state index contributed by atoms with van der Waals surface area (Å²) >= 11 is 0. The summed E-state index contributed by atoms with van der Waals surface area (Å²) in [5.74, 6) is -0.371. The Morgan fingerprint density at radius 1 is 1.11 bits per heavy atom. The molecule has 2 aliphatic heterocycles. The molecule has 2 aliphatic rings. The quantitative estimate of drug-likeness (QED) is 0.833. The van der Waals surface area contributed by atoms with Crippen LogP contribution in [0.2, 0.25) is 0 Å². The van der Waals surface area contributed by atoms with Crippen LogP contribution in [-0.4, -0.2) is 34.8 Å². The molecule has 0 aromatic heterocycles. The van der Waals surface area contributed by atoms with Crippen molar-refractivity contribution in [2.75, 3.05) is 4.90 Å². The van der Waals surface area contributed by atoms with Gasteiger partial charge in [0.2, 0.25) is 0 Å². The average molecular weight is 377 g/mol. The summed E-state index contributed by atoms with van der Waals surface area (Å²) in [4.78, 5) is 41.0. The first-order valence-corrected chi connectivity index (χ1v) is 9.62. The Balaban J connectivity index is 1.55. The van der Waals surface area contributed by atoms with Gasteiger partial charge in [-0.3, -0.25) is 9.59 Å². The molecule has 4 rings (SSSR count). The minimum Gasteiger partial charge on any atom is -0.350 e. The Labute approximate surface area is 164 Å². The Hall–Kier alpha value is -3.15. The zero-order chi connectivity index (χ0) is 19.8. The van der Waals surface area contributed by atoms with E-state index in [9.17, 15) is 14.4 Å². The van der Waals surface area contributed by atoms with Crippen LogP contribution in [0.4, 0.5) is 10.5 Å². The molecule has 2 heterocycles. The number of hydrogen-bond donors (Lipinski definition) is 1. The molecule has 6 nitrogen and oxygen atoms in total. The summed E-state index contributed by atoms with van der Waals surface area (Å²) in [5.41, 5.74) is 3.20. The molecule has 0 bridgehead atoms. The van der Waals surface area contributed by atoms with Gasteiger partial charge in [-0.05, 0) is 48.7 Å². The van der Waals surface area contributed by atoms with E-state index in [4.69, 9.17) is 0 Å². The summed E-state index contributed by atoms with van der Waals surface area (Å²) in [6.45, 7) is 4.39. The summed E-state index contributed by atoms with van der Waals surface area (Å²) in [6.07, 6.45) is 1.38. The maximum Gasteiger partial charge on any atom is 0.332 e. The molecule has 1 N–H and O–H groups in total. The van der Waals surface area contributed by atoms with Crippen LogP contribution in [0.25, 0.3) is 0 Å². The smallest absolute Gasteiger partial charge is 0.332 e. The molecule has 0 radical (unpaired) electrons. The van der Waals surface area contributed by atoms with Gasteiger partial charge in [0.15, 0.2) is 0 Å². The molecule has 2 aromatic carbocycles. The molecule has 1 saturated heterocycles. The topological polar surface area (TPSA) is 69.7 Å². The van der Waals surface area contributed by atoms with E-state index in [2.05, 4.69) is 5.32 Å². The number of fused-ring (bicyclic) bond motifs is 2. The fourth-order valence-corrected chi connectivity index (χ4v) is 3.73. The highest BCUT2D eigenvalue weighted by molar-refractivity contribution is 6.21. The number of nitrogens with one attached hydrogen (secondary N) is 1. The van der Waals surface area contributed by atoms with Gasteiger partial charge in [-0.1, -0.05) is 31.2 Å². The first-order chi connectivity index (χ1) is 13.5. The minimum atomic E-state index is -0.462. The molecule has 0 spiro atoms. The molecular formula is C22H23N3O3. The third-order valence-corrected chi connectivity index (χ3v) is 5.57. The Bertz CT molecular complexity index is 895. The summed E-state index contributed by atoms with van der Waals surface area (Å²) in [5, 5.41) is 2.91. The van der Waals surface area contributed by atoms with Gasteiger partial charge < -0.3 is 10.2 Å². The average Bonchev–Trinajstić information content (AvgIpc) is 2.96. The third kappa shape index (κ3) is 3.05. The Morgan fingerprint density at radius 3 is 2.46 bits per heavy atom. The number of imide groups is 1. The van der Waals surface area contributed by atoms with Crippen molar-refractivity contribution in [3.63, 3.8) is 0 Å². The molecule has 144 valence electrons. The van der Waals surface area contributed by atoms with E-state index in [1.165, 1.54) is 4.90 Å². The van der Waals surface area contributed by atoms with Crippen LogP contribution in [0.5, 0.6) is 0 Å². The monoisotopic (exact) mass is 377 g/mol. The van der Waals surface area contributed by atoms with E-state index >= 15 is 0 Å². The van der Waals surface area contributed by atoms with Gasteiger partial charge in [0, 0.05) is 24.6 Å². The molecule has 4 amide bonds. The number of carbonyl (C=O) groups is 3. The normalized spacial score (nSPS) is 19.3. The van der Waals surface area contributed by atoms with Crippen LogP contribution in [0, 0.1) is 0 Å². The first-order valence-electron chi connectivity index (χ1n) is 9.62. The molecule has 2 atom stereocenters. The Morgan fingerprint density at radius 2 is 1.79 bits per heavy atom. The highest BCUT2D eigenvalue weighted by atomic mass is 16.2. The predicted molar refractivity (Wildman–Crippen MR) is 106 cm³/mol. The number of benzene rings is 2. The van der Waals surface area contributed by atoms with Crippen molar-refractivity contribution in [3.05, 3.63) is 65.2 Å². The fraction of sp³-hybridized carbons (Fsp3) is 0.318. The largest absolute Gasteiger partial charge is 0.350 e. The van der Waals surface area contributed by atoms with Gasteiger partial charge >= 0.3 is 6.03 Å². The maximum absolute atomic E-state index is 12.9. The van der Waals surface area contributed by atoms with E-state index in [-0.39, 0.29) is 23.9 Å². The third-order valence-electron chi connectivity index (χ3n) is 5.57. The van der Waals surface area contributed by atoms with Crippen molar-refractivity contribution in [3.8, 4) is 0 Å². The lowest BCUT2D eigenvalue weighted by molar-refractivity contribution is -0.120. The predicted octanol–water partition coefficient (Wildman–Crippen LogP) is 3.11. The van der Waals surface area contributed by atoms with Gasteiger partial charge in [-0.2, -0.15) is 0 Å². The van der Waals surface area contributed by atoms with Crippen molar-refractivity contribution < 1.29 is 14.4 Å². The van der Waals surface area contributed by atoms with Gasteiger partial charge in [-0.15, -0.1) is 0 Å². The minimum absolute atomic E-state index is 0.0893. The highest BCUT2D eigenvalue weighted by Crippen LogP contribution is 2.32. The number of nitrogens with zero attached hydrogens (tertiary/aromatic N) is 2. The van der Waals surface area contributed by atoms with Gasteiger partial charge in [0.1, 0.15) is 6.04 Å². The number of urea groups is 1. The summed E-state index contributed by atoms with van der Waals surface area (Å²) < 4.78 is 0. The number of anilines is 1. The van der Waals surface area contributed by atoms with E-state index < -0.39 is 6.04 Å². The van der Waals surface area contributed by atoms with Crippen LogP contribution >= 0.6 is 0 Å². The molecule has 0 saturated carbocycles. The number of carbonyl (C=O) groups excluding carboxylic acids is 3. The maximum atomic E-state index is 12.9. The van der Waals surface area contributed by atoms with Crippen LogP contribution in [-0.2, 0) is 17.8 Å². The van der Waals surface area contributed by atoms with Gasteiger partial charge in [0.25, 0.3) is 11.8 Å². The van der Waals surface area contributed by atoms with E-state index in [0.29, 0.717) is 24.2 Å². The van der Waals surface area contributed by atoms with Crippen LogP contribution < -0.4 is 10.2 Å². The van der Waals surface area contributed by atoms with Crippen molar-refractivity contribution >= 4 is 23.5 Å². The lowest BCUT2D eigenvalue weighted by atomic mass is 9.95. The van der Waals surface area contributed by atoms with Gasteiger partial charge in [0.05, 0.1) is 5.69 Å². The van der Waals surface area contributed by atoms with Crippen LogP contribution in [0.15, 0.2) is 48.5 Å². The van der Waals surface area contributed by atoms with Crippen molar-refractivity contribution in [2.24, 2.45) is 0 Å². The zero-order valence-electron chi connectivity index (χ0n) is 16.0. The van der Waals surface area contributed by atoms with Crippen molar-refractivity contribution in [1.29, 1.82) is 0 Å².